The Bertz CT molecular complexity index is 521. The summed E-state index contributed by atoms with van der Waals surface area (Å²) in [4.78, 5) is 8.84. The van der Waals surface area contributed by atoms with Gasteiger partial charge in [-0.05, 0) is 50.4 Å². The van der Waals surface area contributed by atoms with Crippen molar-refractivity contribution < 1.29 is 4.74 Å². The molecule has 25 heavy (non-hydrogen) atoms. The lowest BCUT2D eigenvalue weighted by molar-refractivity contribution is 0.0625. The highest BCUT2D eigenvalue weighted by Crippen LogP contribution is 2.18. The third-order valence-electron chi connectivity index (χ3n) is 4.76. The lowest BCUT2D eigenvalue weighted by atomic mass is 9.96. The number of rotatable bonds is 7. The fourth-order valence-corrected chi connectivity index (χ4v) is 3.21. The van der Waals surface area contributed by atoms with Crippen molar-refractivity contribution in [3.8, 4) is 0 Å². The number of benzene rings is 1. The normalized spacial score (nSPS) is 16.3. The first-order valence-corrected chi connectivity index (χ1v) is 9.30. The highest BCUT2D eigenvalue weighted by atomic mass is 16.5. The molecule has 0 atom stereocenters. The van der Waals surface area contributed by atoms with Crippen LogP contribution >= 0.6 is 0 Å². The van der Waals surface area contributed by atoms with Gasteiger partial charge in [0.1, 0.15) is 0 Å². The van der Waals surface area contributed by atoms with Crippen LogP contribution < -0.4 is 5.32 Å². The van der Waals surface area contributed by atoms with Gasteiger partial charge in [-0.2, -0.15) is 0 Å². The number of guanidine groups is 1. The van der Waals surface area contributed by atoms with Crippen molar-refractivity contribution in [1.82, 2.24) is 15.1 Å². The highest BCUT2D eigenvalue weighted by Gasteiger charge is 2.15. The quantitative estimate of drug-likeness (QED) is 0.608. The van der Waals surface area contributed by atoms with Crippen LogP contribution in [0.3, 0.4) is 0 Å². The summed E-state index contributed by atoms with van der Waals surface area (Å²) in [5, 5.41) is 3.47. The zero-order valence-electron chi connectivity index (χ0n) is 16.3. The second-order valence-electron chi connectivity index (χ2n) is 7.22. The zero-order chi connectivity index (χ0) is 18.1. The Hall–Kier alpha value is -1.59. The Balaban J connectivity index is 1.76. The number of hydrogen-bond acceptors (Lipinski definition) is 3. The molecule has 5 nitrogen and oxygen atoms in total. The smallest absolute Gasteiger partial charge is 0.193 e. The summed E-state index contributed by atoms with van der Waals surface area (Å²) in [6.45, 7) is 4.66. The molecule has 2 rings (SSSR count). The van der Waals surface area contributed by atoms with Gasteiger partial charge in [-0.1, -0.05) is 24.3 Å². The van der Waals surface area contributed by atoms with Gasteiger partial charge in [0.05, 0.1) is 0 Å². The number of ether oxygens (including phenoxy) is 1. The van der Waals surface area contributed by atoms with Gasteiger partial charge < -0.3 is 19.9 Å². The molecular weight excluding hydrogens is 312 g/mol. The summed E-state index contributed by atoms with van der Waals surface area (Å²) < 4.78 is 5.44. The van der Waals surface area contributed by atoms with E-state index in [2.05, 4.69) is 65.5 Å². The third-order valence-corrected chi connectivity index (χ3v) is 4.76. The fourth-order valence-electron chi connectivity index (χ4n) is 3.21. The van der Waals surface area contributed by atoms with E-state index < -0.39 is 0 Å². The van der Waals surface area contributed by atoms with Crippen molar-refractivity contribution in [1.29, 1.82) is 0 Å². The van der Waals surface area contributed by atoms with Crippen LogP contribution in [0, 0.1) is 5.92 Å². The lowest BCUT2D eigenvalue weighted by Gasteiger charge is -2.26. The van der Waals surface area contributed by atoms with Gasteiger partial charge >= 0.3 is 0 Å². The maximum Gasteiger partial charge on any atom is 0.193 e. The summed E-state index contributed by atoms with van der Waals surface area (Å²) in [5.41, 5.74) is 2.62. The molecule has 0 saturated carbocycles. The Morgan fingerprint density at radius 3 is 2.36 bits per heavy atom. The molecule has 1 aliphatic heterocycles. The second-order valence-corrected chi connectivity index (χ2v) is 7.22. The van der Waals surface area contributed by atoms with E-state index in [1.165, 1.54) is 30.4 Å². The molecule has 0 aliphatic carbocycles. The van der Waals surface area contributed by atoms with Gasteiger partial charge in [-0.3, -0.25) is 4.99 Å². The number of aliphatic imine (C=N–C) groups is 1. The van der Waals surface area contributed by atoms with Crippen molar-refractivity contribution in [3.63, 3.8) is 0 Å². The van der Waals surface area contributed by atoms with Crippen LogP contribution in [0.25, 0.3) is 0 Å². The maximum atomic E-state index is 5.44. The summed E-state index contributed by atoms with van der Waals surface area (Å²) >= 11 is 0. The van der Waals surface area contributed by atoms with E-state index in [-0.39, 0.29) is 0 Å². The monoisotopic (exact) mass is 346 g/mol. The van der Waals surface area contributed by atoms with E-state index >= 15 is 0 Å². The molecule has 1 heterocycles. The summed E-state index contributed by atoms with van der Waals surface area (Å²) in [7, 11) is 8.16. The molecule has 0 aromatic heterocycles. The van der Waals surface area contributed by atoms with E-state index in [1.54, 1.807) is 0 Å². The number of hydrogen-bond donors (Lipinski definition) is 1. The molecule has 5 heteroatoms. The standard InChI is InChI=1S/C20H34N4O/c1-21-20(24(4)12-9-17-10-13-25-14-11-17)22-15-18-5-7-19(8-6-18)16-23(2)3/h5-8,17H,9-16H2,1-4H3,(H,21,22). The van der Waals surface area contributed by atoms with Crippen molar-refractivity contribution in [3.05, 3.63) is 35.4 Å². The third kappa shape index (κ3) is 7.04. The van der Waals surface area contributed by atoms with Crippen molar-refractivity contribution in [2.45, 2.75) is 32.4 Å². The van der Waals surface area contributed by atoms with Crippen molar-refractivity contribution in [2.75, 3.05) is 47.9 Å². The molecule has 0 bridgehead atoms. The first-order chi connectivity index (χ1) is 12.1. The summed E-state index contributed by atoms with van der Waals surface area (Å²) in [6, 6.07) is 8.80. The highest BCUT2D eigenvalue weighted by molar-refractivity contribution is 5.79. The predicted octanol–water partition coefficient (Wildman–Crippen LogP) is 2.57. The molecule has 0 unspecified atom stereocenters. The molecule has 1 aromatic carbocycles. The molecule has 0 amide bonds. The van der Waals surface area contributed by atoms with E-state index in [4.69, 9.17) is 4.74 Å². The SMILES string of the molecule is CN=C(NCc1ccc(CN(C)C)cc1)N(C)CCC1CCOCC1. The van der Waals surface area contributed by atoms with E-state index in [0.29, 0.717) is 0 Å². The Kier molecular flexibility index (Phi) is 8.22. The van der Waals surface area contributed by atoms with Crippen LogP contribution in [-0.2, 0) is 17.8 Å². The average molecular weight is 347 g/mol. The molecule has 1 saturated heterocycles. The number of nitrogens with zero attached hydrogens (tertiary/aromatic N) is 3. The second kappa shape index (κ2) is 10.4. The minimum atomic E-state index is 0.790. The van der Waals surface area contributed by atoms with E-state index in [0.717, 1.165) is 44.7 Å². The maximum absolute atomic E-state index is 5.44. The summed E-state index contributed by atoms with van der Waals surface area (Å²) in [5.74, 6) is 1.75. The molecule has 1 aromatic rings. The topological polar surface area (TPSA) is 40.1 Å². The Morgan fingerprint density at radius 2 is 1.76 bits per heavy atom. The van der Waals surface area contributed by atoms with Gasteiger partial charge in [0.25, 0.3) is 0 Å². The molecule has 0 radical (unpaired) electrons. The van der Waals surface area contributed by atoms with E-state index in [1.807, 2.05) is 7.05 Å². The van der Waals surface area contributed by atoms with Gasteiger partial charge in [0.15, 0.2) is 5.96 Å². The van der Waals surface area contributed by atoms with Gasteiger partial charge in [0, 0.05) is 46.9 Å². The van der Waals surface area contributed by atoms with Gasteiger partial charge in [0.2, 0.25) is 0 Å². The van der Waals surface area contributed by atoms with Crippen LogP contribution in [0.5, 0.6) is 0 Å². The predicted molar refractivity (Wildman–Crippen MR) is 105 cm³/mol. The minimum Gasteiger partial charge on any atom is -0.381 e. The Labute approximate surface area is 153 Å². The molecular formula is C20H34N4O. The summed E-state index contributed by atoms with van der Waals surface area (Å²) in [6.07, 6.45) is 3.60. The fraction of sp³-hybridized carbons (Fsp3) is 0.650. The van der Waals surface area contributed by atoms with Gasteiger partial charge in [-0.15, -0.1) is 0 Å². The van der Waals surface area contributed by atoms with E-state index in [9.17, 15) is 0 Å². The van der Waals surface area contributed by atoms with Crippen molar-refractivity contribution in [2.24, 2.45) is 10.9 Å². The first kappa shape index (κ1) is 19.7. The largest absolute Gasteiger partial charge is 0.381 e. The molecule has 140 valence electrons. The average Bonchev–Trinajstić information content (AvgIpc) is 2.62. The first-order valence-electron chi connectivity index (χ1n) is 9.30. The Morgan fingerprint density at radius 1 is 1.12 bits per heavy atom. The number of nitrogens with one attached hydrogen (secondary N) is 1. The lowest BCUT2D eigenvalue weighted by Crippen LogP contribution is -2.39. The van der Waals surface area contributed by atoms with Crippen molar-refractivity contribution >= 4 is 5.96 Å². The van der Waals surface area contributed by atoms with Crippen LogP contribution in [-0.4, -0.2) is 63.7 Å². The molecule has 1 N–H and O–H groups in total. The molecule has 1 fully saturated rings. The van der Waals surface area contributed by atoms with Crippen LogP contribution in [0.2, 0.25) is 0 Å². The van der Waals surface area contributed by atoms with Crippen LogP contribution in [0.1, 0.15) is 30.4 Å². The minimum absolute atomic E-state index is 0.790. The van der Waals surface area contributed by atoms with Gasteiger partial charge in [-0.25, -0.2) is 0 Å². The molecule has 0 spiro atoms. The van der Waals surface area contributed by atoms with Crippen LogP contribution in [0.15, 0.2) is 29.3 Å². The molecule has 1 aliphatic rings. The van der Waals surface area contributed by atoms with Crippen LogP contribution in [0.4, 0.5) is 0 Å². The zero-order valence-corrected chi connectivity index (χ0v) is 16.3.